The van der Waals surface area contributed by atoms with Gasteiger partial charge in [0.05, 0.1) is 0 Å². The zero-order valence-corrected chi connectivity index (χ0v) is 12.3. The maximum atomic E-state index is 12.0. The Balaban J connectivity index is 1.96. The van der Waals surface area contributed by atoms with Gasteiger partial charge in [-0.25, -0.2) is 0 Å². The molecule has 0 saturated carbocycles. The van der Waals surface area contributed by atoms with Gasteiger partial charge in [-0.1, -0.05) is 0 Å². The van der Waals surface area contributed by atoms with Gasteiger partial charge in [0.25, 0.3) is 5.91 Å². The van der Waals surface area contributed by atoms with E-state index in [1.807, 2.05) is 0 Å². The fourth-order valence-corrected chi connectivity index (χ4v) is 1.84. The zero-order chi connectivity index (χ0) is 16.5. The molecule has 0 aromatic heterocycles. The summed E-state index contributed by atoms with van der Waals surface area (Å²) < 4.78 is 51.6. The van der Waals surface area contributed by atoms with Gasteiger partial charge in [-0.15, -0.1) is 0 Å². The van der Waals surface area contributed by atoms with Gasteiger partial charge in [0.2, 0.25) is 5.79 Å². The minimum atomic E-state index is -4.47. The summed E-state index contributed by atoms with van der Waals surface area (Å²) in [6.45, 7) is 3.24. The summed E-state index contributed by atoms with van der Waals surface area (Å²) in [4.78, 5) is 11.8. The minimum absolute atomic E-state index is 0.382. The van der Waals surface area contributed by atoms with Crippen molar-refractivity contribution in [2.24, 2.45) is 0 Å². The Morgan fingerprint density at radius 1 is 1.32 bits per heavy atom. The molecule has 1 aromatic carbocycles. The number of nitrogens with one attached hydrogen (secondary N) is 1. The normalized spacial score (nSPS) is 17.2. The summed E-state index contributed by atoms with van der Waals surface area (Å²) in [5.41, 5.74) is 0.382. The number of ether oxygens (including phenoxy) is 3. The fraction of sp³-hybridized carbons (Fsp3) is 0.500. The molecule has 0 spiro atoms. The van der Waals surface area contributed by atoms with Crippen LogP contribution >= 0.6 is 0 Å². The molecule has 0 unspecified atom stereocenters. The molecule has 1 amide bonds. The van der Waals surface area contributed by atoms with Crippen molar-refractivity contribution >= 4 is 11.6 Å². The van der Waals surface area contributed by atoms with Crippen molar-refractivity contribution in [3.63, 3.8) is 0 Å². The number of fused-ring (bicyclic) bond motifs is 1. The maximum Gasteiger partial charge on any atom is 0.411 e. The Morgan fingerprint density at radius 2 is 1.95 bits per heavy atom. The second-order valence-corrected chi connectivity index (χ2v) is 5.32. The number of alkyl halides is 3. The van der Waals surface area contributed by atoms with Crippen molar-refractivity contribution in [2.45, 2.75) is 38.8 Å². The van der Waals surface area contributed by atoms with E-state index in [-0.39, 0.29) is 0 Å². The van der Waals surface area contributed by atoms with Crippen LogP contribution in [0.5, 0.6) is 11.5 Å². The summed E-state index contributed by atoms with van der Waals surface area (Å²) in [5.74, 6) is -0.493. The average molecular weight is 319 g/mol. The lowest BCUT2D eigenvalue weighted by Gasteiger charge is -2.16. The van der Waals surface area contributed by atoms with Gasteiger partial charge < -0.3 is 19.5 Å². The number of hydrogen-bond donors (Lipinski definition) is 1. The predicted octanol–water partition coefficient (Wildman–Crippen LogP) is 3.10. The topological polar surface area (TPSA) is 56.8 Å². The van der Waals surface area contributed by atoms with Crippen molar-refractivity contribution < 1.29 is 32.2 Å². The number of halogens is 3. The highest BCUT2D eigenvalue weighted by Gasteiger charge is 2.32. The molecule has 2 rings (SSSR count). The Kier molecular flexibility index (Phi) is 4.23. The molecule has 1 atom stereocenters. The first-order valence-electron chi connectivity index (χ1n) is 6.57. The van der Waals surface area contributed by atoms with Crippen LogP contribution in [0.1, 0.15) is 20.8 Å². The molecular formula is C14H16F3NO4. The van der Waals surface area contributed by atoms with Crippen molar-refractivity contribution in [3.8, 4) is 11.5 Å². The summed E-state index contributed by atoms with van der Waals surface area (Å²) in [7, 11) is 0. The monoisotopic (exact) mass is 319 g/mol. The Bertz CT molecular complexity index is 572. The predicted molar refractivity (Wildman–Crippen MR) is 71.9 cm³/mol. The summed E-state index contributed by atoms with van der Waals surface area (Å²) in [6.07, 6.45) is -5.71. The molecule has 1 aliphatic rings. The fourth-order valence-electron chi connectivity index (χ4n) is 1.84. The summed E-state index contributed by atoms with van der Waals surface area (Å²) in [5, 5.41) is 2.47. The number of carbonyl (C=O) groups is 1. The molecule has 0 radical (unpaired) electrons. The third-order valence-electron chi connectivity index (χ3n) is 2.79. The van der Waals surface area contributed by atoms with E-state index in [9.17, 15) is 18.0 Å². The Hall–Kier alpha value is -1.96. The van der Waals surface area contributed by atoms with Crippen LogP contribution in [-0.4, -0.2) is 30.6 Å². The molecule has 22 heavy (non-hydrogen) atoms. The van der Waals surface area contributed by atoms with E-state index in [2.05, 4.69) is 10.1 Å². The van der Waals surface area contributed by atoms with Gasteiger partial charge in [0.1, 0.15) is 12.7 Å². The molecule has 0 fully saturated rings. The van der Waals surface area contributed by atoms with Crippen molar-refractivity contribution in [1.82, 2.24) is 0 Å². The lowest BCUT2D eigenvalue weighted by Crippen LogP contribution is -2.31. The molecule has 5 nitrogen and oxygen atoms in total. The quantitative estimate of drug-likeness (QED) is 0.926. The third-order valence-corrected chi connectivity index (χ3v) is 2.79. The van der Waals surface area contributed by atoms with E-state index in [1.54, 1.807) is 32.0 Å². The van der Waals surface area contributed by atoms with Crippen LogP contribution in [0.4, 0.5) is 18.9 Å². The van der Waals surface area contributed by atoms with Crippen LogP contribution in [-0.2, 0) is 9.53 Å². The van der Waals surface area contributed by atoms with Gasteiger partial charge in [-0.3, -0.25) is 4.79 Å². The Morgan fingerprint density at radius 3 is 2.59 bits per heavy atom. The van der Waals surface area contributed by atoms with E-state index in [0.717, 1.165) is 0 Å². The molecule has 0 bridgehead atoms. The molecule has 122 valence electrons. The van der Waals surface area contributed by atoms with Crippen LogP contribution in [0.15, 0.2) is 18.2 Å². The number of benzene rings is 1. The molecular weight excluding hydrogens is 303 g/mol. The van der Waals surface area contributed by atoms with E-state index in [1.165, 1.54) is 6.92 Å². The molecule has 1 aliphatic heterocycles. The molecule has 1 aromatic rings. The third kappa shape index (κ3) is 4.27. The summed E-state index contributed by atoms with van der Waals surface area (Å²) >= 11 is 0. The number of carbonyl (C=O) groups excluding carboxylic acids is 1. The molecule has 0 saturated heterocycles. The van der Waals surface area contributed by atoms with Crippen LogP contribution in [0, 0.1) is 0 Å². The molecule has 1 N–H and O–H groups in total. The molecule has 1 heterocycles. The zero-order valence-electron chi connectivity index (χ0n) is 12.3. The van der Waals surface area contributed by atoms with Crippen LogP contribution in [0.25, 0.3) is 0 Å². The smallest absolute Gasteiger partial charge is 0.411 e. The van der Waals surface area contributed by atoms with Crippen LogP contribution in [0.3, 0.4) is 0 Å². The first-order chi connectivity index (χ1) is 10.1. The Labute approximate surface area is 125 Å². The highest BCUT2D eigenvalue weighted by atomic mass is 19.4. The SMILES string of the molecule is C[C@@H](OCC(F)(F)F)C(=O)Nc1ccc2c(c1)OC(C)(C)O2. The summed E-state index contributed by atoms with van der Waals surface area (Å²) in [6, 6.07) is 4.72. The number of amides is 1. The number of rotatable bonds is 4. The van der Waals surface area contributed by atoms with Gasteiger partial charge in [0.15, 0.2) is 11.5 Å². The second kappa shape index (κ2) is 5.68. The van der Waals surface area contributed by atoms with Crippen molar-refractivity contribution in [2.75, 3.05) is 11.9 Å². The lowest BCUT2D eigenvalue weighted by molar-refractivity contribution is -0.184. The van der Waals surface area contributed by atoms with Crippen LogP contribution in [0.2, 0.25) is 0 Å². The molecule has 8 heteroatoms. The van der Waals surface area contributed by atoms with Crippen molar-refractivity contribution in [1.29, 1.82) is 0 Å². The van der Waals surface area contributed by atoms with E-state index >= 15 is 0 Å². The maximum absolute atomic E-state index is 12.0. The molecule has 0 aliphatic carbocycles. The second-order valence-electron chi connectivity index (χ2n) is 5.32. The largest absolute Gasteiger partial charge is 0.449 e. The van der Waals surface area contributed by atoms with E-state index in [0.29, 0.717) is 17.2 Å². The van der Waals surface area contributed by atoms with E-state index in [4.69, 9.17) is 9.47 Å². The van der Waals surface area contributed by atoms with Gasteiger partial charge in [-0.2, -0.15) is 13.2 Å². The highest BCUT2D eigenvalue weighted by Crippen LogP contribution is 2.40. The van der Waals surface area contributed by atoms with E-state index < -0.39 is 30.6 Å². The lowest BCUT2D eigenvalue weighted by atomic mass is 10.2. The first-order valence-corrected chi connectivity index (χ1v) is 6.57. The average Bonchev–Trinajstić information content (AvgIpc) is 2.68. The van der Waals surface area contributed by atoms with Gasteiger partial charge >= 0.3 is 6.18 Å². The highest BCUT2D eigenvalue weighted by molar-refractivity contribution is 5.94. The van der Waals surface area contributed by atoms with Gasteiger partial charge in [-0.05, 0) is 19.1 Å². The number of hydrogen-bond acceptors (Lipinski definition) is 4. The van der Waals surface area contributed by atoms with Crippen LogP contribution < -0.4 is 14.8 Å². The number of anilines is 1. The first kappa shape index (κ1) is 16.4. The van der Waals surface area contributed by atoms with Crippen molar-refractivity contribution in [3.05, 3.63) is 18.2 Å². The minimum Gasteiger partial charge on any atom is -0.449 e. The van der Waals surface area contributed by atoms with Gasteiger partial charge in [0, 0.05) is 25.6 Å². The standard InChI is InChI=1S/C14H16F3NO4/c1-8(20-7-14(15,16)17)12(19)18-9-4-5-10-11(6-9)22-13(2,3)21-10/h4-6,8H,7H2,1-3H3,(H,18,19)/t8-/m1/s1.